The van der Waals surface area contributed by atoms with Crippen LogP contribution in [0.5, 0.6) is 0 Å². The molecule has 0 aromatic heterocycles. The molecule has 1 N–H and O–H groups in total. The molecule has 2 unspecified atom stereocenters. The number of hydrogen-bond acceptors (Lipinski definition) is 1. The summed E-state index contributed by atoms with van der Waals surface area (Å²) in [6.07, 6.45) is 6.56. The molecule has 1 rings (SSSR count). The second-order valence-corrected chi connectivity index (χ2v) is 4.02. The van der Waals surface area contributed by atoms with Crippen LogP contribution < -0.4 is 0 Å². The van der Waals surface area contributed by atoms with Crippen LogP contribution in [0.1, 0.15) is 39.0 Å². The predicted molar refractivity (Wildman–Crippen MR) is 52.6 cm³/mol. The Balaban J connectivity index is 2.52. The molecule has 2 nitrogen and oxygen atoms in total. The molecule has 3 heteroatoms. The zero-order valence-corrected chi connectivity index (χ0v) is 8.50. The van der Waals surface area contributed by atoms with Gasteiger partial charge in [0.15, 0.2) is 0 Å². The van der Waals surface area contributed by atoms with E-state index in [4.69, 9.17) is 5.11 Å². The number of hydrogen-bond donors (Lipinski definition) is 1. The molecule has 2 atom stereocenters. The molecule has 14 heavy (non-hydrogen) atoms. The lowest BCUT2D eigenvalue weighted by Gasteiger charge is -2.26. The fourth-order valence-electron chi connectivity index (χ4n) is 2.13. The van der Waals surface area contributed by atoms with Crippen LogP contribution in [0.4, 0.5) is 4.39 Å². The second-order valence-electron chi connectivity index (χ2n) is 4.02. The minimum Gasteiger partial charge on any atom is -0.476 e. The highest BCUT2D eigenvalue weighted by molar-refractivity contribution is 5.83. The van der Waals surface area contributed by atoms with Gasteiger partial charge in [-0.3, -0.25) is 0 Å². The van der Waals surface area contributed by atoms with E-state index < -0.39 is 11.8 Å². The molecule has 0 aromatic rings. The summed E-state index contributed by atoms with van der Waals surface area (Å²) in [6.45, 7) is 2.13. The number of carbonyl (C=O) groups is 1. The fraction of sp³-hybridized carbons (Fsp3) is 0.727. The van der Waals surface area contributed by atoms with E-state index in [1.807, 2.05) is 0 Å². The number of rotatable bonds is 3. The average molecular weight is 200 g/mol. The van der Waals surface area contributed by atoms with Crippen molar-refractivity contribution in [1.82, 2.24) is 0 Å². The molecule has 0 radical (unpaired) electrons. The van der Waals surface area contributed by atoms with Gasteiger partial charge in [-0.1, -0.05) is 26.2 Å². The van der Waals surface area contributed by atoms with Crippen LogP contribution in [0, 0.1) is 11.8 Å². The van der Waals surface area contributed by atoms with Gasteiger partial charge in [0.2, 0.25) is 5.83 Å². The first-order valence-corrected chi connectivity index (χ1v) is 5.24. The van der Waals surface area contributed by atoms with Gasteiger partial charge < -0.3 is 5.11 Å². The third kappa shape index (κ3) is 3.13. The van der Waals surface area contributed by atoms with Crippen molar-refractivity contribution in [3.8, 4) is 0 Å². The van der Waals surface area contributed by atoms with Crippen molar-refractivity contribution < 1.29 is 14.3 Å². The zero-order chi connectivity index (χ0) is 10.6. The lowest BCUT2D eigenvalue weighted by molar-refractivity contribution is -0.134. The summed E-state index contributed by atoms with van der Waals surface area (Å²) in [7, 11) is 0. The predicted octanol–water partition coefficient (Wildman–Crippen LogP) is 3.14. The first kappa shape index (κ1) is 11.2. The Hall–Kier alpha value is -0.860. The van der Waals surface area contributed by atoms with Crippen molar-refractivity contribution in [3.05, 3.63) is 11.9 Å². The van der Waals surface area contributed by atoms with E-state index in [9.17, 15) is 9.18 Å². The lowest BCUT2D eigenvalue weighted by atomic mass is 9.80. The van der Waals surface area contributed by atoms with Gasteiger partial charge in [-0.15, -0.1) is 0 Å². The quantitative estimate of drug-likeness (QED) is 0.710. The first-order chi connectivity index (χ1) is 6.63. The van der Waals surface area contributed by atoms with Crippen LogP contribution in [-0.4, -0.2) is 11.1 Å². The monoisotopic (exact) mass is 200 g/mol. The van der Waals surface area contributed by atoms with Crippen molar-refractivity contribution in [1.29, 1.82) is 0 Å². The molecule has 0 amide bonds. The second kappa shape index (κ2) is 5.13. The standard InChI is InChI=1S/C11H17FO2/c1-2-8-4-3-5-9(6-8)7-10(12)11(13)14/h7-9H,2-6H2,1H3,(H,13,14)/b10-7+. The summed E-state index contributed by atoms with van der Waals surface area (Å²) < 4.78 is 12.8. The largest absolute Gasteiger partial charge is 0.476 e. The van der Waals surface area contributed by atoms with Gasteiger partial charge >= 0.3 is 5.97 Å². The van der Waals surface area contributed by atoms with E-state index in [0.29, 0.717) is 5.92 Å². The Morgan fingerprint density at radius 1 is 1.57 bits per heavy atom. The fourth-order valence-corrected chi connectivity index (χ4v) is 2.13. The molecule has 0 aliphatic heterocycles. The summed E-state index contributed by atoms with van der Waals surface area (Å²) in [6, 6.07) is 0. The van der Waals surface area contributed by atoms with Crippen LogP contribution >= 0.6 is 0 Å². The minimum absolute atomic E-state index is 0.129. The minimum atomic E-state index is -1.44. The van der Waals surface area contributed by atoms with Crippen LogP contribution in [0.25, 0.3) is 0 Å². The number of carboxylic acid groups (broad SMARTS) is 1. The van der Waals surface area contributed by atoms with Crippen LogP contribution in [-0.2, 0) is 4.79 Å². The molecule has 0 aromatic carbocycles. The van der Waals surface area contributed by atoms with E-state index in [0.717, 1.165) is 25.7 Å². The summed E-state index contributed by atoms with van der Waals surface area (Å²) in [5.41, 5.74) is 0. The third-order valence-electron chi connectivity index (χ3n) is 2.99. The SMILES string of the molecule is CCC1CCCC(/C=C(/F)C(=O)O)C1. The molecule has 0 spiro atoms. The zero-order valence-electron chi connectivity index (χ0n) is 8.50. The molecule has 1 aliphatic carbocycles. The van der Waals surface area contributed by atoms with E-state index >= 15 is 0 Å². The van der Waals surface area contributed by atoms with E-state index in [1.54, 1.807) is 0 Å². The maximum Gasteiger partial charge on any atom is 0.364 e. The molecule has 80 valence electrons. The third-order valence-corrected chi connectivity index (χ3v) is 2.99. The summed E-state index contributed by atoms with van der Waals surface area (Å²) in [5.74, 6) is -1.66. The van der Waals surface area contributed by atoms with Gasteiger partial charge in [0, 0.05) is 0 Å². The van der Waals surface area contributed by atoms with E-state index in [2.05, 4.69) is 6.92 Å². The number of carboxylic acids is 1. The van der Waals surface area contributed by atoms with Gasteiger partial charge in [-0.05, 0) is 30.8 Å². The van der Waals surface area contributed by atoms with Crippen molar-refractivity contribution in [2.75, 3.05) is 0 Å². The summed E-state index contributed by atoms with van der Waals surface area (Å²) >= 11 is 0. The lowest BCUT2D eigenvalue weighted by Crippen LogP contribution is -2.14. The van der Waals surface area contributed by atoms with Gasteiger partial charge in [-0.2, -0.15) is 4.39 Å². The maximum atomic E-state index is 12.8. The smallest absolute Gasteiger partial charge is 0.364 e. The molecule has 1 aliphatic rings. The van der Waals surface area contributed by atoms with Crippen molar-refractivity contribution in [3.63, 3.8) is 0 Å². The molecular formula is C11H17FO2. The van der Waals surface area contributed by atoms with E-state index in [-0.39, 0.29) is 5.92 Å². The van der Waals surface area contributed by atoms with Gasteiger partial charge in [-0.25, -0.2) is 4.79 Å². The first-order valence-electron chi connectivity index (χ1n) is 5.24. The van der Waals surface area contributed by atoms with Gasteiger partial charge in [0.1, 0.15) is 0 Å². The average Bonchev–Trinajstić information content (AvgIpc) is 2.18. The van der Waals surface area contributed by atoms with Gasteiger partial charge in [0.05, 0.1) is 0 Å². The Bertz CT molecular complexity index is 235. The Morgan fingerprint density at radius 3 is 2.86 bits per heavy atom. The van der Waals surface area contributed by atoms with Crippen LogP contribution in [0.15, 0.2) is 11.9 Å². The number of aliphatic carboxylic acids is 1. The molecule has 0 bridgehead atoms. The highest BCUT2D eigenvalue weighted by Gasteiger charge is 2.20. The Labute approximate surface area is 83.8 Å². The Kier molecular flexibility index (Phi) is 4.11. The molecule has 0 heterocycles. The molecule has 1 fully saturated rings. The summed E-state index contributed by atoms with van der Waals surface area (Å²) in [5, 5.41) is 8.39. The van der Waals surface area contributed by atoms with Gasteiger partial charge in [0.25, 0.3) is 0 Å². The van der Waals surface area contributed by atoms with E-state index in [1.165, 1.54) is 12.5 Å². The number of allylic oxidation sites excluding steroid dienone is 1. The van der Waals surface area contributed by atoms with Crippen LogP contribution in [0.3, 0.4) is 0 Å². The highest BCUT2D eigenvalue weighted by atomic mass is 19.1. The number of halogens is 1. The van der Waals surface area contributed by atoms with Crippen LogP contribution in [0.2, 0.25) is 0 Å². The summed E-state index contributed by atoms with van der Waals surface area (Å²) in [4.78, 5) is 10.3. The molecule has 1 saturated carbocycles. The van der Waals surface area contributed by atoms with Crippen molar-refractivity contribution >= 4 is 5.97 Å². The topological polar surface area (TPSA) is 37.3 Å². The normalized spacial score (nSPS) is 28.9. The van der Waals surface area contributed by atoms with Crippen molar-refractivity contribution in [2.24, 2.45) is 11.8 Å². The Morgan fingerprint density at radius 2 is 2.29 bits per heavy atom. The molecular weight excluding hydrogens is 183 g/mol. The maximum absolute atomic E-state index is 12.8. The van der Waals surface area contributed by atoms with Crippen molar-refractivity contribution in [2.45, 2.75) is 39.0 Å². The highest BCUT2D eigenvalue weighted by Crippen LogP contribution is 2.32. The molecule has 0 saturated heterocycles.